The molecule has 0 fully saturated rings. The number of nitrogens with one attached hydrogen (secondary N) is 2. The van der Waals surface area contributed by atoms with Gasteiger partial charge in [-0.2, -0.15) is 0 Å². The van der Waals surface area contributed by atoms with Gasteiger partial charge in [0.15, 0.2) is 11.0 Å². The third-order valence-electron chi connectivity index (χ3n) is 6.21. The Balaban J connectivity index is 1.36. The molecule has 2 amide bonds. The van der Waals surface area contributed by atoms with Gasteiger partial charge in [0.2, 0.25) is 5.91 Å². The van der Waals surface area contributed by atoms with Gasteiger partial charge in [0, 0.05) is 9.90 Å². The highest BCUT2D eigenvalue weighted by Gasteiger charge is 2.30. The summed E-state index contributed by atoms with van der Waals surface area (Å²) in [6.45, 7) is 3.92. The van der Waals surface area contributed by atoms with Crippen LogP contribution in [0.25, 0.3) is 5.69 Å². The molecule has 4 aromatic rings. The number of carbonyl (C=O) groups excluding carboxylic acids is 3. The van der Waals surface area contributed by atoms with E-state index in [1.807, 2.05) is 23.6 Å². The van der Waals surface area contributed by atoms with E-state index in [4.69, 9.17) is 16.3 Å². The lowest BCUT2D eigenvalue weighted by Crippen LogP contribution is -2.25. The lowest BCUT2D eigenvalue weighted by Gasteiger charge is -2.14. The Morgan fingerprint density at radius 2 is 2.05 bits per heavy atom. The largest absolute Gasteiger partial charge is 0.462 e. The first-order chi connectivity index (χ1) is 19.4. The molecular weight excluding hydrogens is 590 g/mol. The zero-order chi connectivity index (χ0) is 28.2. The number of fused-ring (bicyclic) bond motifs is 1. The van der Waals surface area contributed by atoms with Gasteiger partial charge in [0.1, 0.15) is 5.00 Å². The number of halogens is 1. The Morgan fingerprint density at radius 3 is 2.80 bits per heavy atom. The Kier molecular flexibility index (Phi) is 8.89. The summed E-state index contributed by atoms with van der Waals surface area (Å²) in [4.78, 5) is 40.3. The van der Waals surface area contributed by atoms with Crippen LogP contribution in [0.2, 0.25) is 5.02 Å². The predicted molar refractivity (Wildman–Crippen MR) is 158 cm³/mol. The SMILES string of the molecule is CCOC(=O)c1c(NC(=O)C(C)Sc2nnc(CNC(=O)c3cccs3)n2-c2cccc(Cl)c2)sc2c1CCC2. The zero-order valence-electron chi connectivity index (χ0n) is 21.7. The van der Waals surface area contributed by atoms with Gasteiger partial charge in [0.25, 0.3) is 5.91 Å². The number of nitrogens with zero attached hydrogens (tertiary/aromatic N) is 3. The molecule has 13 heteroatoms. The van der Waals surface area contributed by atoms with Crippen molar-refractivity contribution in [2.45, 2.75) is 50.1 Å². The van der Waals surface area contributed by atoms with E-state index >= 15 is 0 Å². The van der Waals surface area contributed by atoms with Gasteiger partial charge in [-0.1, -0.05) is 35.5 Å². The van der Waals surface area contributed by atoms with Crippen molar-refractivity contribution in [3.05, 3.63) is 73.5 Å². The Morgan fingerprint density at radius 1 is 1.20 bits per heavy atom. The molecule has 1 aliphatic rings. The van der Waals surface area contributed by atoms with Crippen LogP contribution in [0.1, 0.15) is 56.6 Å². The molecule has 3 heterocycles. The minimum atomic E-state index is -0.581. The Hall–Kier alpha value is -3.19. The molecule has 0 aliphatic heterocycles. The molecule has 0 bridgehead atoms. The molecule has 0 radical (unpaired) electrons. The predicted octanol–water partition coefficient (Wildman–Crippen LogP) is 5.76. The molecule has 208 valence electrons. The minimum absolute atomic E-state index is 0.126. The van der Waals surface area contributed by atoms with Crippen LogP contribution in [-0.2, 0) is 28.9 Å². The molecule has 0 spiro atoms. The average Bonchev–Trinajstić information content (AvgIpc) is 3.72. The number of rotatable bonds is 10. The number of aryl methyl sites for hydroxylation is 1. The molecule has 1 unspecified atom stereocenters. The highest BCUT2D eigenvalue weighted by atomic mass is 35.5. The van der Waals surface area contributed by atoms with Crippen molar-refractivity contribution in [3.8, 4) is 5.69 Å². The molecule has 3 aromatic heterocycles. The number of aromatic nitrogens is 3. The summed E-state index contributed by atoms with van der Waals surface area (Å²) >= 11 is 10.3. The summed E-state index contributed by atoms with van der Waals surface area (Å²) in [5, 5.41) is 17.2. The van der Waals surface area contributed by atoms with Crippen LogP contribution in [0.15, 0.2) is 46.9 Å². The quantitative estimate of drug-likeness (QED) is 0.172. The topological polar surface area (TPSA) is 115 Å². The number of hydrogen-bond acceptors (Lipinski definition) is 9. The van der Waals surface area contributed by atoms with Gasteiger partial charge in [0.05, 0.1) is 34.5 Å². The fourth-order valence-corrected chi connectivity index (χ4v) is 7.35. The second-order valence-electron chi connectivity index (χ2n) is 8.91. The van der Waals surface area contributed by atoms with E-state index in [1.165, 1.54) is 34.4 Å². The van der Waals surface area contributed by atoms with Crippen LogP contribution < -0.4 is 10.6 Å². The minimum Gasteiger partial charge on any atom is -0.462 e. The van der Waals surface area contributed by atoms with Crippen LogP contribution in [-0.4, -0.2) is 44.4 Å². The van der Waals surface area contributed by atoms with Gasteiger partial charge in [-0.25, -0.2) is 4.79 Å². The summed E-state index contributed by atoms with van der Waals surface area (Å²) in [6.07, 6.45) is 2.68. The fourth-order valence-electron chi connectivity index (χ4n) is 4.36. The molecule has 1 aliphatic carbocycles. The molecule has 2 N–H and O–H groups in total. The van der Waals surface area contributed by atoms with E-state index < -0.39 is 11.2 Å². The van der Waals surface area contributed by atoms with E-state index in [2.05, 4.69) is 20.8 Å². The van der Waals surface area contributed by atoms with Crippen molar-refractivity contribution < 1.29 is 19.1 Å². The summed E-state index contributed by atoms with van der Waals surface area (Å²) in [7, 11) is 0. The third-order valence-corrected chi connectivity index (χ3v) is 9.56. The van der Waals surface area contributed by atoms with Crippen molar-refractivity contribution in [2.75, 3.05) is 11.9 Å². The van der Waals surface area contributed by atoms with E-state index in [0.29, 0.717) is 37.1 Å². The fraction of sp³-hybridized carbons (Fsp3) is 0.296. The first kappa shape index (κ1) is 28.3. The molecule has 0 saturated heterocycles. The average molecular weight is 616 g/mol. The van der Waals surface area contributed by atoms with E-state index in [9.17, 15) is 14.4 Å². The number of benzene rings is 1. The summed E-state index contributed by atoms with van der Waals surface area (Å²) in [5.74, 6) is -0.407. The van der Waals surface area contributed by atoms with Gasteiger partial charge in [-0.3, -0.25) is 14.2 Å². The molecular formula is C27H26ClN5O4S3. The third kappa shape index (κ3) is 6.09. The van der Waals surface area contributed by atoms with Gasteiger partial charge < -0.3 is 15.4 Å². The van der Waals surface area contributed by atoms with E-state index in [1.54, 1.807) is 36.6 Å². The maximum Gasteiger partial charge on any atom is 0.341 e. The van der Waals surface area contributed by atoms with Crippen LogP contribution >= 0.6 is 46.0 Å². The molecule has 5 rings (SSSR count). The molecule has 0 saturated carbocycles. The monoisotopic (exact) mass is 615 g/mol. The van der Waals surface area contributed by atoms with Crippen LogP contribution in [0, 0.1) is 0 Å². The molecule has 1 atom stereocenters. The standard InChI is InChI=1S/C27H26ClN5O4S3/c1-3-37-26(36)22-18-9-5-10-19(18)40-25(22)30-23(34)15(2)39-27-32-31-21(14-29-24(35)20-11-6-12-38-20)33(27)17-8-4-7-16(28)13-17/h4,6-8,11-13,15H,3,5,9-10,14H2,1-2H3,(H,29,35)(H,30,34). The van der Waals surface area contributed by atoms with Crippen molar-refractivity contribution in [1.29, 1.82) is 0 Å². The number of thioether (sulfide) groups is 1. The molecule has 9 nitrogen and oxygen atoms in total. The summed E-state index contributed by atoms with van der Waals surface area (Å²) < 4.78 is 7.06. The van der Waals surface area contributed by atoms with Crippen molar-refractivity contribution in [1.82, 2.24) is 20.1 Å². The first-order valence-electron chi connectivity index (χ1n) is 12.7. The van der Waals surface area contributed by atoms with Crippen LogP contribution in [0.3, 0.4) is 0 Å². The van der Waals surface area contributed by atoms with Gasteiger partial charge >= 0.3 is 5.97 Å². The summed E-state index contributed by atoms with van der Waals surface area (Å²) in [6, 6.07) is 10.8. The van der Waals surface area contributed by atoms with Crippen molar-refractivity contribution in [3.63, 3.8) is 0 Å². The number of anilines is 1. The Labute approximate surface area is 248 Å². The normalized spacial score (nSPS) is 13.1. The van der Waals surface area contributed by atoms with E-state index in [0.717, 1.165) is 29.7 Å². The number of carbonyl (C=O) groups is 3. The number of ether oxygens (including phenoxy) is 1. The maximum absolute atomic E-state index is 13.3. The van der Waals surface area contributed by atoms with Crippen molar-refractivity contribution >= 4 is 68.8 Å². The number of hydrogen-bond donors (Lipinski definition) is 2. The molecule has 40 heavy (non-hydrogen) atoms. The van der Waals surface area contributed by atoms with Crippen LogP contribution in [0.4, 0.5) is 5.00 Å². The second kappa shape index (κ2) is 12.5. The smallest absolute Gasteiger partial charge is 0.341 e. The zero-order valence-corrected chi connectivity index (χ0v) is 24.9. The second-order valence-corrected chi connectivity index (χ2v) is 12.7. The lowest BCUT2D eigenvalue weighted by molar-refractivity contribution is -0.115. The van der Waals surface area contributed by atoms with Gasteiger partial charge in [-0.15, -0.1) is 32.9 Å². The molecule has 1 aromatic carbocycles. The summed E-state index contributed by atoms with van der Waals surface area (Å²) in [5.41, 5.74) is 2.15. The number of esters is 1. The maximum atomic E-state index is 13.3. The van der Waals surface area contributed by atoms with Crippen LogP contribution in [0.5, 0.6) is 0 Å². The number of thiophene rings is 2. The number of amides is 2. The van der Waals surface area contributed by atoms with Crippen molar-refractivity contribution in [2.24, 2.45) is 0 Å². The highest BCUT2D eigenvalue weighted by molar-refractivity contribution is 8.00. The van der Waals surface area contributed by atoms with Gasteiger partial charge in [-0.05, 0) is 68.3 Å². The highest BCUT2D eigenvalue weighted by Crippen LogP contribution is 2.40. The lowest BCUT2D eigenvalue weighted by atomic mass is 10.1. The first-order valence-corrected chi connectivity index (χ1v) is 15.6. The Bertz CT molecular complexity index is 1550. The van der Waals surface area contributed by atoms with E-state index in [-0.39, 0.29) is 25.0 Å².